The summed E-state index contributed by atoms with van der Waals surface area (Å²) in [5, 5.41) is 1.81. The van der Waals surface area contributed by atoms with Crippen LogP contribution in [0.2, 0.25) is 0 Å². The summed E-state index contributed by atoms with van der Waals surface area (Å²) in [6, 6.07) is 36.3. The molecule has 0 saturated heterocycles. The molecule has 3 nitrogen and oxygen atoms in total. The molecule has 4 rings (SSSR count). The van der Waals surface area contributed by atoms with E-state index in [4.69, 9.17) is 3.97 Å². The van der Waals surface area contributed by atoms with E-state index >= 15 is 0 Å². The second-order valence-electron chi connectivity index (χ2n) is 7.93. The molecule has 168 valence electrons. The zero-order chi connectivity index (χ0) is 23.2. The number of benzene rings is 4. The molecular weight excluding hydrogens is 447 g/mol. The summed E-state index contributed by atoms with van der Waals surface area (Å²) < 4.78 is 33.4. The van der Waals surface area contributed by atoms with Crippen molar-refractivity contribution < 1.29 is 12.4 Å². The van der Waals surface area contributed by atoms with Crippen LogP contribution in [0.4, 0.5) is 0 Å². The van der Waals surface area contributed by atoms with Crippen molar-refractivity contribution in [2.75, 3.05) is 6.16 Å². The Kier molecular flexibility index (Phi) is 7.20. The summed E-state index contributed by atoms with van der Waals surface area (Å²) in [5.74, 6) is 0. The summed E-state index contributed by atoms with van der Waals surface area (Å²) in [5.41, 5.74) is 2.05. The van der Waals surface area contributed by atoms with Gasteiger partial charge in [0.1, 0.15) is 0 Å². The fourth-order valence-electron chi connectivity index (χ4n) is 3.81. The molecule has 0 atom stereocenters. The van der Waals surface area contributed by atoms with Gasteiger partial charge in [-0.3, -0.25) is 0 Å². The molecule has 4 aromatic carbocycles. The van der Waals surface area contributed by atoms with Gasteiger partial charge in [-0.15, -0.1) is 0 Å². The molecule has 0 bridgehead atoms. The molecule has 0 radical (unpaired) electrons. The topological polar surface area (TPSA) is 43.4 Å². The van der Waals surface area contributed by atoms with Gasteiger partial charge in [-0.25, -0.2) is 0 Å². The molecule has 0 aliphatic rings. The summed E-state index contributed by atoms with van der Waals surface area (Å²) in [6.45, 7) is 1.93. The van der Waals surface area contributed by atoms with Crippen molar-refractivity contribution >= 4 is 34.3 Å². The van der Waals surface area contributed by atoms with Crippen LogP contribution in [-0.4, -0.2) is 14.6 Å². The first-order chi connectivity index (χ1) is 16.0. The maximum absolute atomic E-state index is 13.5. The van der Waals surface area contributed by atoms with Gasteiger partial charge in [0.15, 0.2) is 0 Å². The average molecular weight is 475 g/mol. The minimum atomic E-state index is -4.00. The van der Waals surface area contributed by atoms with Gasteiger partial charge < -0.3 is 0 Å². The van der Waals surface area contributed by atoms with Crippen molar-refractivity contribution in [3.63, 3.8) is 0 Å². The van der Waals surface area contributed by atoms with Crippen LogP contribution in [0, 0.1) is 6.92 Å². The molecule has 0 amide bonds. The van der Waals surface area contributed by atoms with Gasteiger partial charge in [0.25, 0.3) is 0 Å². The second kappa shape index (κ2) is 10.3. The Hall–Kier alpha value is -3.04. The summed E-state index contributed by atoms with van der Waals surface area (Å²) in [7, 11) is -7.21. The van der Waals surface area contributed by atoms with Gasteiger partial charge in [0, 0.05) is 0 Å². The number of allylic oxidation sites excluding steroid dienone is 1. The molecule has 33 heavy (non-hydrogen) atoms. The molecule has 0 saturated carbocycles. The van der Waals surface area contributed by atoms with Crippen LogP contribution >= 0.6 is 7.49 Å². The first-order valence-corrected chi connectivity index (χ1v) is 14.4. The van der Waals surface area contributed by atoms with Crippen LogP contribution in [0.5, 0.6) is 0 Å². The second-order valence-corrected chi connectivity index (χ2v) is 13.2. The SMILES string of the molecule is Cc1ccc(S(=O)(=O)O[PH](CC=Cc2ccccc2)(c2ccccc2)c2ccccc2)cc1. The van der Waals surface area contributed by atoms with Crippen molar-refractivity contribution in [1.82, 2.24) is 0 Å². The van der Waals surface area contributed by atoms with Crippen molar-refractivity contribution in [3.8, 4) is 0 Å². The number of hydrogen-bond donors (Lipinski definition) is 0. The van der Waals surface area contributed by atoms with Crippen LogP contribution in [0.15, 0.2) is 126 Å². The van der Waals surface area contributed by atoms with Crippen molar-refractivity contribution in [3.05, 3.63) is 132 Å². The van der Waals surface area contributed by atoms with Crippen LogP contribution in [-0.2, 0) is 14.1 Å². The van der Waals surface area contributed by atoms with Crippen LogP contribution in [0.25, 0.3) is 6.08 Å². The zero-order valence-corrected chi connectivity index (χ0v) is 20.3. The van der Waals surface area contributed by atoms with Crippen molar-refractivity contribution in [2.45, 2.75) is 11.8 Å². The molecule has 0 aliphatic carbocycles. The van der Waals surface area contributed by atoms with E-state index < -0.39 is 17.6 Å². The first-order valence-electron chi connectivity index (χ1n) is 10.8. The minimum absolute atomic E-state index is 0.170. The van der Waals surface area contributed by atoms with E-state index in [0.717, 1.165) is 21.7 Å². The molecular formula is C28H27O3PS. The third kappa shape index (κ3) is 5.48. The van der Waals surface area contributed by atoms with Gasteiger partial charge in [0.05, 0.1) is 0 Å². The summed E-state index contributed by atoms with van der Waals surface area (Å²) >= 11 is 0. The van der Waals surface area contributed by atoms with E-state index in [1.165, 1.54) is 0 Å². The third-order valence-corrected chi connectivity index (χ3v) is 11.8. The number of hydrogen-bond acceptors (Lipinski definition) is 3. The van der Waals surface area contributed by atoms with Gasteiger partial charge in [-0.05, 0) is 0 Å². The Morgan fingerprint density at radius 2 is 1.18 bits per heavy atom. The van der Waals surface area contributed by atoms with Gasteiger partial charge >= 0.3 is 197 Å². The fourth-order valence-corrected chi connectivity index (χ4v) is 9.92. The van der Waals surface area contributed by atoms with Crippen molar-refractivity contribution in [1.29, 1.82) is 0 Å². The first kappa shape index (κ1) is 23.1. The van der Waals surface area contributed by atoms with E-state index in [2.05, 4.69) is 0 Å². The van der Waals surface area contributed by atoms with E-state index in [1.807, 2.05) is 110 Å². The van der Waals surface area contributed by atoms with Gasteiger partial charge in [-0.2, -0.15) is 0 Å². The summed E-state index contributed by atoms with van der Waals surface area (Å²) in [6.07, 6.45) is 4.53. The van der Waals surface area contributed by atoms with E-state index in [1.54, 1.807) is 24.3 Å². The molecule has 5 heteroatoms. The molecule has 0 unspecified atom stereocenters. The van der Waals surface area contributed by atoms with Crippen molar-refractivity contribution in [2.24, 2.45) is 0 Å². The number of rotatable bonds is 8. The normalized spacial score (nSPS) is 12.6. The van der Waals surface area contributed by atoms with E-state index in [-0.39, 0.29) is 4.90 Å². The molecule has 0 heterocycles. The standard InChI is InChI=1S/C28H27O3PS/c1-24-19-21-28(22-20-24)33(29,30)31-32(26-15-7-3-8-16-26,27-17-9-4-10-18-27)23-11-14-25-12-5-2-6-13-25/h2-22,32H,23H2,1H3. The van der Waals surface area contributed by atoms with Crippen LogP contribution < -0.4 is 10.6 Å². The Balaban J connectivity index is 1.84. The van der Waals surface area contributed by atoms with Crippen LogP contribution in [0.3, 0.4) is 0 Å². The Morgan fingerprint density at radius 1 is 0.697 bits per heavy atom. The zero-order valence-electron chi connectivity index (χ0n) is 18.5. The molecule has 0 N–H and O–H groups in total. The summed E-state index contributed by atoms with van der Waals surface area (Å²) in [4.78, 5) is 0.170. The molecule has 0 aliphatic heterocycles. The maximum atomic E-state index is 13.5. The van der Waals surface area contributed by atoms with E-state index in [0.29, 0.717) is 6.16 Å². The quantitative estimate of drug-likeness (QED) is 0.306. The Bertz CT molecular complexity index is 1260. The average Bonchev–Trinajstić information content (AvgIpc) is 2.85. The third-order valence-electron chi connectivity index (χ3n) is 5.56. The van der Waals surface area contributed by atoms with Gasteiger partial charge in [-0.1, -0.05) is 0 Å². The predicted octanol–water partition coefficient (Wildman–Crippen LogP) is 5.73. The van der Waals surface area contributed by atoms with Gasteiger partial charge in [0.2, 0.25) is 0 Å². The predicted molar refractivity (Wildman–Crippen MR) is 140 cm³/mol. The monoisotopic (exact) mass is 474 g/mol. The molecule has 0 aromatic heterocycles. The Morgan fingerprint density at radius 3 is 1.70 bits per heavy atom. The molecule has 0 spiro atoms. The van der Waals surface area contributed by atoms with E-state index in [9.17, 15) is 8.42 Å². The number of aryl methyl sites for hydroxylation is 1. The molecule has 0 fully saturated rings. The van der Waals surface area contributed by atoms with Crippen LogP contribution in [0.1, 0.15) is 11.1 Å². The Labute approximate surface area is 196 Å². The molecule has 4 aromatic rings. The fraction of sp³-hybridized carbons (Fsp3) is 0.0714.